The molecule has 0 spiro atoms. The van der Waals surface area contributed by atoms with Gasteiger partial charge in [-0.15, -0.1) is 0 Å². The standard InChI is InChI=1S/C15H18Cl2N2O/c16-13-2-1-3-14(17)12(13)10-18-6-8-19(9-7-18)15(20)11-4-5-11/h1-3,11H,4-10H2. The maximum absolute atomic E-state index is 12.0. The van der Waals surface area contributed by atoms with E-state index < -0.39 is 0 Å². The zero-order valence-electron chi connectivity index (χ0n) is 11.3. The predicted molar refractivity (Wildman–Crippen MR) is 81.0 cm³/mol. The number of piperazine rings is 1. The molecule has 1 saturated carbocycles. The number of amides is 1. The SMILES string of the molecule is O=C(C1CC1)N1CCN(Cc2c(Cl)cccc2Cl)CC1. The molecule has 20 heavy (non-hydrogen) atoms. The molecule has 1 aromatic rings. The number of nitrogens with zero attached hydrogens (tertiary/aromatic N) is 2. The number of rotatable bonds is 3. The molecule has 3 rings (SSSR count). The number of halogens is 2. The predicted octanol–water partition coefficient (Wildman–Crippen LogP) is 3.05. The van der Waals surface area contributed by atoms with Gasteiger partial charge in [0.05, 0.1) is 0 Å². The van der Waals surface area contributed by atoms with Crippen LogP contribution >= 0.6 is 23.2 Å². The van der Waals surface area contributed by atoms with Crippen LogP contribution in [0.1, 0.15) is 18.4 Å². The molecule has 1 aliphatic carbocycles. The van der Waals surface area contributed by atoms with E-state index >= 15 is 0 Å². The molecule has 2 aliphatic rings. The number of benzene rings is 1. The minimum absolute atomic E-state index is 0.319. The summed E-state index contributed by atoms with van der Waals surface area (Å²) in [6, 6.07) is 5.60. The van der Waals surface area contributed by atoms with Crippen molar-refractivity contribution in [1.82, 2.24) is 9.80 Å². The molecule has 1 saturated heterocycles. The fraction of sp³-hybridized carbons (Fsp3) is 0.533. The maximum atomic E-state index is 12.0. The van der Waals surface area contributed by atoms with E-state index in [2.05, 4.69) is 4.90 Å². The van der Waals surface area contributed by atoms with Crippen LogP contribution < -0.4 is 0 Å². The van der Waals surface area contributed by atoms with Crippen molar-refractivity contribution in [3.63, 3.8) is 0 Å². The van der Waals surface area contributed by atoms with Gasteiger partial charge in [0.15, 0.2) is 0 Å². The highest BCUT2D eigenvalue weighted by Gasteiger charge is 2.34. The Morgan fingerprint density at radius 3 is 2.25 bits per heavy atom. The molecule has 108 valence electrons. The Bertz CT molecular complexity index is 488. The lowest BCUT2D eigenvalue weighted by Gasteiger charge is -2.35. The highest BCUT2D eigenvalue weighted by molar-refractivity contribution is 6.35. The molecule has 1 aromatic carbocycles. The summed E-state index contributed by atoms with van der Waals surface area (Å²) in [5, 5.41) is 1.43. The first kappa shape index (κ1) is 14.2. The smallest absolute Gasteiger partial charge is 0.225 e. The zero-order valence-corrected chi connectivity index (χ0v) is 12.8. The second-order valence-electron chi connectivity index (χ2n) is 5.58. The lowest BCUT2D eigenvalue weighted by atomic mass is 10.2. The third-order valence-corrected chi connectivity index (χ3v) is 4.76. The minimum Gasteiger partial charge on any atom is -0.340 e. The minimum atomic E-state index is 0.319. The molecule has 1 amide bonds. The van der Waals surface area contributed by atoms with Crippen molar-refractivity contribution in [1.29, 1.82) is 0 Å². The van der Waals surface area contributed by atoms with E-state index in [4.69, 9.17) is 23.2 Å². The molecule has 2 fully saturated rings. The van der Waals surface area contributed by atoms with Crippen LogP contribution in [0.5, 0.6) is 0 Å². The van der Waals surface area contributed by atoms with E-state index in [0.717, 1.165) is 51.1 Å². The van der Waals surface area contributed by atoms with Crippen molar-refractivity contribution in [2.24, 2.45) is 5.92 Å². The summed E-state index contributed by atoms with van der Waals surface area (Å²) in [4.78, 5) is 16.3. The van der Waals surface area contributed by atoms with Crippen molar-refractivity contribution in [3.05, 3.63) is 33.8 Å². The second kappa shape index (κ2) is 5.92. The molecule has 5 heteroatoms. The largest absolute Gasteiger partial charge is 0.340 e. The first-order valence-corrected chi connectivity index (χ1v) is 7.85. The average molecular weight is 313 g/mol. The number of hydrogen-bond donors (Lipinski definition) is 0. The molecule has 0 N–H and O–H groups in total. The van der Waals surface area contributed by atoms with Gasteiger partial charge in [-0.05, 0) is 25.0 Å². The van der Waals surface area contributed by atoms with Crippen LogP contribution in [-0.4, -0.2) is 41.9 Å². The van der Waals surface area contributed by atoms with Crippen LogP contribution in [0.25, 0.3) is 0 Å². The molecule has 0 bridgehead atoms. The molecule has 0 unspecified atom stereocenters. The van der Waals surface area contributed by atoms with Crippen molar-refractivity contribution < 1.29 is 4.79 Å². The quantitative estimate of drug-likeness (QED) is 0.856. The van der Waals surface area contributed by atoms with E-state index in [0.29, 0.717) is 21.9 Å². The molecule has 3 nitrogen and oxygen atoms in total. The monoisotopic (exact) mass is 312 g/mol. The van der Waals surface area contributed by atoms with Gasteiger partial charge >= 0.3 is 0 Å². The first-order valence-electron chi connectivity index (χ1n) is 7.09. The summed E-state index contributed by atoms with van der Waals surface area (Å²) in [6.07, 6.45) is 2.16. The summed E-state index contributed by atoms with van der Waals surface area (Å²) in [5.74, 6) is 0.667. The van der Waals surface area contributed by atoms with Crippen molar-refractivity contribution in [2.75, 3.05) is 26.2 Å². The highest BCUT2D eigenvalue weighted by atomic mass is 35.5. The summed E-state index contributed by atoms with van der Waals surface area (Å²) >= 11 is 12.4. The van der Waals surface area contributed by atoms with E-state index in [1.807, 2.05) is 23.1 Å². The van der Waals surface area contributed by atoms with Gasteiger partial charge in [0, 0.05) is 54.3 Å². The first-order chi connectivity index (χ1) is 9.65. The fourth-order valence-corrected chi connectivity index (χ4v) is 3.14. The van der Waals surface area contributed by atoms with Crippen LogP contribution in [0.3, 0.4) is 0 Å². The van der Waals surface area contributed by atoms with Gasteiger partial charge < -0.3 is 4.90 Å². The van der Waals surface area contributed by atoms with Gasteiger partial charge in [-0.25, -0.2) is 0 Å². The molecule has 1 heterocycles. The topological polar surface area (TPSA) is 23.6 Å². The normalized spacial score (nSPS) is 20.2. The van der Waals surface area contributed by atoms with Gasteiger partial charge in [0.2, 0.25) is 5.91 Å². The highest BCUT2D eigenvalue weighted by Crippen LogP contribution is 2.31. The second-order valence-corrected chi connectivity index (χ2v) is 6.39. The van der Waals surface area contributed by atoms with Crippen LogP contribution in [0.4, 0.5) is 0 Å². The molecular formula is C15H18Cl2N2O. The molecule has 1 aliphatic heterocycles. The Morgan fingerprint density at radius 1 is 1.10 bits per heavy atom. The Labute approximate surface area is 129 Å². The summed E-state index contributed by atoms with van der Waals surface area (Å²) in [5.41, 5.74) is 0.984. The van der Waals surface area contributed by atoms with Gasteiger partial charge in [0.1, 0.15) is 0 Å². The molecule has 0 aromatic heterocycles. The zero-order chi connectivity index (χ0) is 14.1. The summed E-state index contributed by atoms with van der Waals surface area (Å²) in [6.45, 7) is 4.17. The van der Waals surface area contributed by atoms with E-state index in [9.17, 15) is 4.79 Å². The molecular weight excluding hydrogens is 295 g/mol. The number of hydrogen-bond acceptors (Lipinski definition) is 2. The van der Waals surface area contributed by atoms with Gasteiger partial charge in [-0.1, -0.05) is 29.3 Å². The average Bonchev–Trinajstić information content (AvgIpc) is 3.28. The Hall–Kier alpha value is -0.770. The Balaban J connectivity index is 1.57. The third-order valence-electron chi connectivity index (χ3n) is 4.05. The number of carbonyl (C=O) groups is 1. The van der Waals surface area contributed by atoms with E-state index in [-0.39, 0.29) is 0 Å². The van der Waals surface area contributed by atoms with Crippen molar-refractivity contribution in [3.8, 4) is 0 Å². The van der Waals surface area contributed by atoms with Crippen LogP contribution in [-0.2, 0) is 11.3 Å². The van der Waals surface area contributed by atoms with E-state index in [1.165, 1.54) is 0 Å². The summed E-state index contributed by atoms with van der Waals surface area (Å²) < 4.78 is 0. The molecule has 0 radical (unpaired) electrons. The lowest BCUT2D eigenvalue weighted by Crippen LogP contribution is -2.48. The van der Waals surface area contributed by atoms with E-state index in [1.54, 1.807) is 0 Å². The van der Waals surface area contributed by atoms with Crippen molar-refractivity contribution in [2.45, 2.75) is 19.4 Å². The van der Waals surface area contributed by atoms with Crippen LogP contribution in [0, 0.1) is 5.92 Å². The van der Waals surface area contributed by atoms with Gasteiger partial charge in [0.25, 0.3) is 0 Å². The Morgan fingerprint density at radius 2 is 1.70 bits per heavy atom. The fourth-order valence-electron chi connectivity index (χ4n) is 2.62. The lowest BCUT2D eigenvalue weighted by molar-refractivity contribution is -0.134. The maximum Gasteiger partial charge on any atom is 0.225 e. The number of carbonyl (C=O) groups excluding carboxylic acids is 1. The van der Waals surface area contributed by atoms with Crippen LogP contribution in [0.15, 0.2) is 18.2 Å². The third kappa shape index (κ3) is 3.11. The molecule has 0 atom stereocenters. The van der Waals surface area contributed by atoms with Crippen LogP contribution in [0.2, 0.25) is 10.0 Å². The summed E-state index contributed by atoms with van der Waals surface area (Å²) in [7, 11) is 0. The Kier molecular flexibility index (Phi) is 4.20. The van der Waals surface area contributed by atoms with Gasteiger partial charge in [-0.3, -0.25) is 9.69 Å². The van der Waals surface area contributed by atoms with Crippen molar-refractivity contribution >= 4 is 29.1 Å². The van der Waals surface area contributed by atoms with Gasteiger partial charge in [-0.2, -0.15) is 0 Å².